The van der Waals surface area contributed by atoms with Gasteiger partial charge < -0.3 is 10.3 Å². The third kappa shape index (κ3) is 2.79. The van der Waals surface area contributed by atoms with Crippen LogP contribution in [0.5, 0.6) is 0 Å². The Morgan fingerprint density at radius 2 is 1.93 bits per heavy atom. The number of aromatic nitrogens is 2. The van der Waals surface area contributed by atoms with Crippen molar-refractivity contribution in [3.63, 3.8) is 0 Å². The Morgan fingerprint density at radius 1 is 1.20 bits per heavy atom. The lowest BCUT2D eigenvalue weighted by Crippen LogP contribution is -2.30. The molecule has 1 saturated heterocycles. The first kappa shape index (κ1) is 10.2. The third-order valence-corrected chi connectivity index (χ3v) is 2.78. The zero-order chi connectivity index (χ0) is 10.7. The molecule has 1 aliphatic rings. The summed E-state index contributed by atoms with van der Waals surface area (Å²) in [4.78, 5) is 26.9. The second-order valence-electron chi connectivity index (χ2n) is 4.01. The number of hydrogen-bond donors (Lipinski definition) is 3. The zero-order valence-electron chi connectivity index (χ0n) is 8.51. The first-order valence-electron chi connectivity index (χ1n) is 5.27. The molecule has 1 aromatic heterocycles. The van der Waals surface area contributed by atoms with E-state index >= 15 is 0 Å². The molecule has 0 radical (unpaired) electrons. The van der Waals surface area contributed by atoms with E-state index in [4.69, 9.17) is 0 Å². The van der Waals surface area contributed by atoms with Gasteiger partial charge in [0.2, 0.25) is 0 Å². The highest BCUT2D eigenvalue weighted by Crippen LogP contribution is 2.15. The molecule has 15 heavy (non-hydrogen) atoms. The average molecular weight is 209 g/mol. The van der Waals surface area contributed by atoms with E-state index in [0.717, 1.165) is 38.0 Å². The van der Waals surface area contributed by atoms with Gasteiger partial charge in [0.15, 0.2) is 0 Å². The number of aromatic amines is 2. The molecular weight excluding hydrogens is 194 g/mol. The molecule has 5 heteroatoms. The number of H-pyrrole nitrogens is 2. The van der Waals surface area contributed by atoms with Crippen LogP contribution in [0.2, 0.25) is 0 Å². The summed E-state index contributed by atoms with van der Waals surface area (Å²) >= 11 is 0. The summed E-state index contributed by atoms with van der Waals surface area (Å²) in [6, 6.07) is 1.48. The first-order valence-corrected chi connectivity index (χ1v) is 5.27. The average Bonchev–Trinajstić information content (AvgIpc) is 2.17. The van der Waals surface area contributed by atoms with Gasteiger partial charge in [-0.3, -0.25) is 9.78 Å². The maximum atomic E-state index is 11.1. The van der Waals surface area contributed by atoms with Crippen LogP contribution in [0.1, 0.15) is 18.5 Å². The van der Waals surface area contributed by atoms with Crippen molar-refractivity contribution < 1.29 is 0 Å². The summed E-state index contributed by atoms with van der Waals surface area (Å²) in [5, 5.41) is 3.28. The van der Waals surface area contributed by atoms with E-state index in [9.17, 15) is 9.59 Å². The van der Waals surface area contributed by atoms with Gasteiger partial charge in [0.1, 0.15) is 0 Å². The summed E-state index contributed by atoms with van der Waals surface area (Å²) < 4.78 is 0. The van der Waals surface area contributed by atoms with Gasteiger partial charge in [0, 0.05) is 11.8 Å². The topological polar surface area (TPSA) is 77.8 Å². The lowest BCUT2D eigenvalue weighted by Gasteiger charge is -2.22. The summed E-state index contributed by atoms with van der Waals surface area (Å²) in [5.41, 5.74) is 0.0183. The van der Waals surface area contributed by atoms with Gasteiger partial charge in [0.25, 0.3) is 5.56 Å². The summed E-state index contributed by atoms with van der Waals surface area (Å²) in [6.45, 7) is 2.05. The number of nitrogens with one attached hydrogen (secondary N) is 3. The molecule has 0 saturated carbocycles. The highest BCUT2D eigenvalue weighted by atomic mass is 16.2. The molecule has 1 aromatic rings. The quantitative estimate of drug-likeness (QED) is 0.620. The van der Waals surface area contributed by atoms with Crippen LogP contribution >= 0.6 is 0 Å². The molecule has 0 amide bonds. The van der Waals surface area contributed by atoms with E-state index < -0.39 is 5.69 Å². The number of rotatable bonds is 2. The lowest BCUT2D eigenvalue weighted by molar-refractivity contribution is 0.369. The lowest BCUT2D eigenvalue weighted by atomic mass is 9.93. The molecule has 3 N–H and O–H groups in total. The fraction of sp³-hybridized carbons (Fsp3) is 0.600. The Labute approximate surface area is 86.9 Å². The van der Waals surface area contributed by atoms with Crippen molar-refractivity contribution in [3.8, 4) is 0 Å². The molecule has 0 unspecified atom stereocenters. The van der Waals surface area contributed by atoms with Crippen LogP contribution in [0.15, 0.2) is 15.7 Å². The van der Waals surface area contributed by atoms with Crippen LogP contribution in [0, 0.1) is 5.92 Å². The second kappa shape index (κ2) is 4.44. The number of piperidine rings is 1. The predicted molar refractivity (Wildman–Crippen MR) is 57.0 cm³/mol. The van der Waals surface area contributed by atoms with E-state index in [2.05, 4.69) is 15.3 Å². The summed E-state index contributed by atoms with van der Waals surface area (Å²) in [5.74, 6) is 0.573. The van der Waals surface area contributed by atoms with Crippen LogP contribution in [0.25, 0.3) is 0 Å². The van der Waals surface area contributed by atoms with Crippen LogP contribution in [0.4, 0.5) is 0 Å². The highest BCUT2D eigenvalue weighted by Gasteiger charge is 2.13. The molecule has 5 nitrogen and oxygen atoms in total. The molecular formula is C10H15N3O2. The molecule has 0 atom stereocenters. The molecule has 2 heterocycles. The molecule has 0 aromatic carbocycles. The maximum absolute atomic E-state index is 11.1. The molecule has 0 spiro atoms. The summed E-state index contributed by atoms with van der Waals surface area (Å²) in [7, 11) is 0. The zero-order valence-corrected chi connectivity index (χ0v) is 8.51. The van der Waals surface area contributed by atoms with Gasteiger partial charge in [-0.05, 0) is 38.3 Å². The van der Waals surface area contributed by atoms with E-state index in [0.29, 0.717) is 5.92 Å². The van der Waals surface area contributed by atoms with Crippen LogP contribution < -0.4 is 16.6 Å². The minimum atomic E-state index is -0.411. The van der Waals surface area contributed by atoms with Gasteiger partial charge in [-0.1, -0.05) is 0 Å². The van der Waals surface area contributed by atoms with Gasteiger partial charge in [-0.25, -0.2) is 4.79 Å². The Kier molecular flexibility index (Phi) is 3.01. The minimum Gasteiger partial charge on any atom is -0.317 e. The van der Waals surface area contributed by atoms with E-state index in [-0.39, 0.29) is 5.56 Å². The van der Waals surface area contributed by atoms with Crippen molar-refractivity contribution >= 4 is 0 Å². The van der Waals surface area contributed by atoms with Crippen molar-refractivity contribution in [1.82, 2.24) is 15.3 Å². The largest absolute Gasteiger partial charge is 0.325 e. The Morgan fingerprint density at radius 3 is 2.60 bits per heavy atom. The second-order valence-corrected chi connectivity index (χ2v) is 4.01. The van der Waals surface area contributed by atoms with E-state index in [1.165, 1.54) is 6.07 Å². The van der Waals surface area contributed by atoms with E-state index in [1.807, 2.05) is 0 Å². The minimum absolute atomic E-state index is 0.317. The maximum Gasteiger partial charge on any atom is 0.325 e. The van der Waals surface area contributed by atoms with Gasteiger partial charge in [-0.15, -0.1) is 0 Å². The van der Waals surface area contributed by atoms with Gasteiger partial charge >= 0.3 is 5.69 Å². The number of hydrogen-bond acceptors (Lipinski definition) is 3. The van der Waals surface area contributed by atoms with Crippen molar-refractivity contribution in [2.75, 3.05) is 13.1 Å². The van der Waals surface area contributed by atoms with Crippen LogP contribution in [-0.4, -0.2) is 23.1 Å². The molecule has 0 aliphatic carbocycles. The Hall–Kier alpha value is -1.36. The Bertz CT molecular complexity index is 401. The van der Waals surface area contributed by atoms with Crippen LogP contribution in [-0.2, 0) is 6.42 Å². The fourth-order valence-corrected chi connectivity index (χ4v) is 2.03. The molecule has 82 valence electrons. The Balaban J connectivity index is 2.09. The van der Waals surface area contributed by atoms with Gasteiger partial charge in [-0.2, -0.15) is 0 Å². The summed E-state index contributed by atoms with van der Waals surface area (Å²) in [6.07, 6.45) is 3.00. The SMILES string of the molecule is O=c1cc(CC2CCNCC2)[nH]c(=O)[nH]1. The van der Waals surface area contributed by atoms with E-state index in [1.54, 1.807) is 0 Å². The fourth-order valence-electron chi connectivity index (χ4n) is 2.03. The molecule has 1 fully saturated rings. The standard InChI is InChI=1S/C10H15N3O2/c14-9-6-8(12-10(15)13-9)5-7-1-3-11-4-2-7/h6-7,11H,1-5H2,(H2,12,13,14,15). The van der Waals surface area contributed by atoms with Crippen LogP contribution in [0.3, 0.4) is 0 Å². The van der Waals surface area contributed by atoms with Crippen molar-refractivity contribution in [2.24, 2.45) is 5.92 Å². The highest BCUT2D eigenvalue weighted by molar-refractivity contribution is 5.00. The normalized spacial score (nSPS) is 17.9. The molecule has 1 aliphatic heterocycles. The first-order chi connectivity index (χ1) is 7.24. The monoisotopic (exact) mass is 209 g/mol. The third-order valence-electron chi connectivity index (χ3n) is 2.78. The molecule has 2 rings (SSSR count). The predicted octanol–water partition coefficient (Wildman–Crippen LogP) is -0.395. The smallest absolute Gasteiger partial charge is 0.317 e. The van der Waals surface area contributed by atoms with Gasteiger partial charge in [0.05, 0.1) is 0 Å². The molecule has 0 bridgehead atoms. The van der Waals surface area contributed by atoms with Crippen molar-refractivity contribution in [1.29, 1.82) is 0 Å². The van der Waals surface area contributed by atoms with Crippen molar-refractivity contribution in [3.05, 3.63) is 32.6 Å². The van der Waals surface area contributed by atoms with Crippen molar-refractivity contribution in [2.45, 2.75) is 19.3 Å².